The first-order valence-electron chi connectivity index (χ1n) is 8.46. The summed E-state index contributed by atoms with van der Waals surface area (Å²) in [7, 11) is 0. The van der Waals surface area contributed by atoms with Gasteiger partial charge in [-0.3, -0.25) is 0 Å². The first-order chi connectivity index (χ1) is 10.2. The van der Waals surface area contributed by atoms with Crippen LogP contribution in [0.1, 0.15) is 63.5 Å². The number of rotatable bonds is 11. The number of aliphatic hydroxyl groups excluding tert-OH is 1. The number of hydrogen-bond acceptors (Lipinski definition) is 2. The van der Waals surface area contributed by atoms with Gasteiger partial charge in [0.05, 0.1) is 5.60 Å². The molecule has 21 heavy (non-hydrogen) atoms. The molecule has 0 aliphatic heterocycles. The first kappa shape index (κ1) is 18.2. The average Bonchev–Trinajstić information content (AvgIpc) is 2.50. The average molecular weight is 292 g/mol. The van der Waals surface area contributed by atoms with E-state index < -0.39 is 0 Å². The third kappa shape index (κ3) is 6.62. The Kier molecular flexibility index (Phi) is 8.63. The van der Waals surface area contributed by atoms with Crippen LogP contribution in [-0.4, -0.2) is 23.9 Å². The monoisotopic (exact) mass is 292 g/mol. The Balaban J connectivity index is 2.73. The second kappa shape index (κ2) is 9.97. The minimum absolute atomic E-state index is 0.0698. The molecule has 0 heterocycles. The van der Waals surface area contributed by atoms with Gasteiger partial charge in [-0.15, -0.1) is 0 Å². The van der Waals surface area contributed by atoms with E-state index in [0.29, 0.717) is 6.61 Å². The topological polar surface area (TPSA) is 29.5 Å². The second-order valence-corrected chi connectivity index (χ2v) is 6.08. The van der Waals surface area contributed by atoms with Crippen molar-refractivity contribution in [3.05, 3.63) is 35.4 Å². The Morgan fingerprint density at radius 1 is 1.05 bits per heavy atom. The molecule has 0 amide bonds. The molecule has 0 aromatic heterocycles. The lowest BCUT2D eigenvalue weighted by atomic mass is 9.86. The van der Waals surface area contributed by atoms with Crippen molar-refractivity contribution in [3.63, 3.8) is 0 Å². The highest BCUT2D eigenvalue weighted by atomic mass is 16.5. The molecule has 0 radical (unpaired) electrons. The maximum Gasteiger partial charge on any atom is 0.0720 e. The number of ether oxygens (including phenoxy) is 1. The van der Waals surface area contributed by atoms with Crippen LogP contribution in [0.4, 0.5) is 0 Å². The molecule has 2 nitrogen and oxygen atoms in total. The van der Waals surface area contributed by atoms with Crippen molar-refractivity contribution in [1.82, 2.24) is 0 Å². The van der Waals surface area contributed by atoms with Gasteiger partial charge < -0.3 is 9.84 Å². The summed E-state index contributed by atoms with van der Waals surface area (Å²) < 4.78 is 6.24. The van der Waals surface area contributed by atoms with Crippen molar-refractivity contribution in [3.8, 4) is 0 Å². The molecule has 0 aliphatic rings. The summed E-state index contributed by atoms with van der Waals surface area (Å²) >= 11 is 0. The van der Waals surface area contributed by atoms with Crippen LogP contribution in [0.3, 0.4) is 0 Å². The molecule has 120 valence electrons. The van der Waals surface area contributed by atoms with E-state index in [-0.39, 0.29) is 12.2 Å². The second-order valence-electron chi connectivity index (χ2n) is 6.08. The standard InChI is InChI=1S/C19H32O2/c1-4-6-7-13-19(5-2,21-15-8-14-20)16-18-11-9-17(3)10-12-18/h9-12,20H,4-8,13-16H2,1-3H3. The quantitative estimate of drug-likeness (QED) is 0.601. The summed E-state index contributed by atoms with van der Waals surface area (Å²) in [6.07, 6.45) is 7.55. The fourth-order valence-corrected chi connectivity index (χ4v) is 2.74. The smallest absolute Gasteiger partial charge is 0.0720 e. The molecule has 0 spiro atoms. The highest BCUT2D eigenvalue weighted by Gasteiger charge is 2.28. The summed E-state index contributed by atoms with van der Waals surface area (Å²) in [5.41, 5.74) is 2.58. The molecule has 1 aromatic rings. The molecule has 2 heteroatoms. The van der Waals surface area contributed by atoms with Gasteiger partial charge in [0.1, 0.15) is 0 Å². The van der Waals surface area contributed by atoms with Gasteiger partial charge in [0, 0.05) is 19.6 Å². The van der Waals surface area contributed by atoms with E-state index in [4.69, 9.17) is 9.84 Å². The van der Waals surface area contributed by atoms with Gasteiger partial charge in [0.15, 0.2) is 0 Å². The minimum Gasteiger partial charge on any atom is -0.396 e. The predicted octanol–water partition coefficient (Wildman–Crippen LogP) is 4.67. The normalized spacial score (nSPS) is 14.1. The third-order valence-corrected chi connectivity index (χ3v) is 4.24. The lowest BCUT2D eigenvalue weighted by molar-refractivity contribution is -0.0596. The lowest BCUT2D eigenvalue weighted by Crippen LogP contribution is -2.35. The van der Waals surface area contributed by atoms with Crippen molar-refractivity contribution >= 4 is 0 Å². The van der Waals surface area contributed by atoms with Crippen LogP contribution in [-0.2, 0) is 11.2 Å². The van der Waals surface area contributed by atoms with Crippen molar-refractivity contribution in [1.29, 1.82) is 0 Å². The molecule has 0 bridgehead atoms. The Bertz CT molecular complexity index is 360. The Morgan fingerprint density at radius 2 is 1.76 bits per heavy atom. The van der Waals surface area contributed by atoms with Crippen LogP contribution in [0.25, 0.3) is 0 Å². The largest absolute Gasteiger partial charge is 0.396 e. The highest BCUT2D eigenvalue weighted by molar-refractivity contribution is 5.22. The van der Waals surface area contributed by atoms with E-state index in [1.165, 1.54) is 30.4 Å². The zero-order valence-corrected chi connectivity index (χ0v) is 14.0. The molecule has 1 aromatic carbocycles. The van der Waals surface area contributed by atoms with E-state index in [2.05, 4.69) is 45.0 Å². The molecule has 0 aliphatic carbocycles. The first-order valence-corrected chi connectivity index (χ1v) is 8.46. The summed E-state index contributed by atoms with van der Waals surface area (Å²) in [5.74, 6) is 0. The Morgan fingerprint density at radius 3 is 2.33 bits per heavy atom. The number of aliphatic hydroxyl groups is 1. The maximum atomic E-state index is 8.99. The zero-order chi connectivity index (χ0) is 15.6. The molecule has 1 unspecified atom stereocenters. The minimum atomic E-state index is -0.0698. The molecule has 1 rings (SSSR count). The summed E-state index contributed by atoms with van der Waals surface area (Å²) in [6.45, 7) is 7.44. The molecule has 1 atom stereocenters. The van der Waals surface area contributed by atoms with Crippen LogP contribution in [0.2, 0.25) is 0 Å². The Hall–Kier alpha value is -0.860. The van der Waals surface area contributed by atoms with E-state index in [1.807, 2.05) is 0 Å². The maximum absolute atomic E-state index is 8.99. The lowest BCUT2D eigenvalue weighted by Gasteiger charge is -2.33. The van der Waals surface area contributed by atoms with Crippen LogP contribution in [0.5, 0.6) is 0 Å². The molecular weight excluding hydrogens is 260 g/mol. The molecule has 0 fully saturated rings. The van der Waals surface area contributed by atoms with Gasteiger partial charge in [0.25, 0.3) is 0 Å². The zero-order valence-electron chi connectivity index (χ0n) is 14.0. The van der Waals surface area contributed by atoms with E-state index in [0.717, 1.165) is 25.7 Å². The highest BCUT2D eigenvalue weighted by Crippen LogP contribution is 2.29. The molecule has 1 N–H and O–H groups in total. The van der Waals surface area contributed by atoms with Crippen LogP contribution < -0.4 is 0 Å². The molecule has 0 saturated heterocycles. The predicted molar refractivity (Wildman–Crippen MR) is 89.7 cm³/mol. The number of unbranched alkanes of at least 4 members (excludes halogenated alkanes) is 2. The summed E-state index contributed by atoms with van der Waals surface area (Å²) in [6, 6.07) is 8.79. The number of benzene rings is 1. The number of hydrogen-bond donors (Lipinski definition) is 1. The number of aryl methyl sites for hydroxylation is 1. The van der Waals surface area contributed by atoms with Crippen molar-refractivity contribution < 1.29 is 9.84 Å². The van der Waals surface area contributed by atoms with Crippen LogP contribution >= 0.6 is 0 Å². The SMILES string of the molecule is CCCCCC(CC)(Cc1ccc(C)cc1)OCCCO. The molecular formula is C19H32O2. The van der Waals surface area contributed by atoms with Gasteiger partial charge in [-0.05, 0) is 31.7 Å². The molecule has 0 saturated carbocycles. The van der Waals surface area contributed by atoms with Crippen LogP contribution in [0.15, 0.2) is 24.3 Å². The van der Waals surface area contributed by atoms with Crippen molar-refractivity contribution in [2.45, 2.75) is 71.3 Å². The van der Waals surface area contributed by atoms with E-state index in [9.17, 15) is 0 Å². The van der Waals surface area contributed by atoms with Gasteiger partial charge in [-0.25, -0.2) is 0 Å². The van der Waals surface area contributed by atoms with Gasteiger partial charge in [-0.1, -0.05) is 62.9 Å². The third-order valence-electron chi connectivity index (χ3n) is 4.24. The van der Waals surface area contributed by atoms with Gasteiger partial charge in [0.2, 0.25) is 0 Å². The van der Waals surface area contributed by atoms with E-state index in [1.54, 1.807) is 0 Å². The summed E-state index contributed by atoms with van der Waals surface area (Å²) in [4.78, 5) is 0. The van der Waals surface area contributed by atoms with Crippen molar-refractivity contribution in [2.75, 3.05) is 13.2 Å². The van der Waals surface area contributed by atoms with Crippen molar-refractivity contribution in [2.24, 2.45) is 0 Å². The Labute approximate surface area is 130 Å². The fourth-order valence-electron chi connectivity index (χ4n) is 2.74. The van der Waals surface area contributed by atoms with E-state index >= 15 is 0 Å². The van der Waals surface area contributed by atoms with Gasteiger partial charge in [-0.2, -0.15) is 0 Å². The fraction of sp³-hybridized carbons (Fsp3) is 0.684. The van der Waals surface area contributed by atoms with Gasteiger partial charge >= 0.3 is 0 Å². The van der Waals surface area contributed by atoms with Crippen LogP contribution in [0, 0.1) is 6.92 Å². The summed E-state index contributed by atoms with van der Waals surface area (Å²) in [5, 5.41) is 8.99.